The number of hydrogen-bond acceptors (Lipinski definition) is 6. The molecular weight excluding hydrogens is 216 g/mol. The molecule has 1 aromatic rings. The van der Waals surface area contributed by atoms with Crippen LogP contribution in [0.15, 0.2) is 4.34 Å². The number of nitrogens with zero attached hydrogens (tertiary/aromatic N) is 3. The molecule has 0 aromatic carbocycles. The molecule has 0 saturated carbocycles. The maximum atomic E-state index is 8.39. The lowest BCUT2D eigenvalue weighted by atomic mass is 10.1. The first kappa shape index (κ1) is 11.3. The number of aromatic nitrogens is 2. The molecule has 1 heterocycles. The molecule has 0 aliphatic rings. The Labute approximate surface area is 91.7 Å². The van der Waals surface area contributed by atoms with Gasteiger partial charge in [0, 0.05) is 5.54 Å². The zero-order valence-corrected chi connectivity index (χ0v) is 10.00. The summed E-state index contributed by atoms with van der Waals surface area (Å²) >= 11 is 2.89. The second kappa shape index (κ2) is 4.62. The second-order valence-corrected chi connectivity index (χ2v) is 5.89. The van der Waals surface area contributed by atoms with Gasteiger partial charge in [-0.15, -0.1) is 10.2 Å². The van der Waals surface area contributed by atoms with Crippen LogP contribution < -0.4 is 5.32 Å². The summed E-state index contributed by atoms with van der Waals surface area (Å²) in [6, 6.07) is 2.06. The molecule has 14 heavy (non-hydrogen) atoms. The minimum atomic E-state index is -0.00328. The molecule has 76 valence electrons. The van der Waals surface area contributed by atoms with Gasteiger partial charge in [-0.1, -0.05) is 23.1 Å². The van der Waals surface area contributed by atoms with E-state index in [0.29, 0.717) is 5.75 Å². The Morgan fingerprint density at radius 3 is 2.79 bits per heavy atom. The van der Waals surface area contributed by atoms with Crippen molar-refractivity contribution in [1.82, 2.24) is 10.2 Å². The SMILES string of the molecule is CC(C)(C)Nc1nnc(SCC#N)s1. The number of hydrogen-bond donors (Lipinski definition) is 1. The van der Waals surface area contributed by atoms with E-state index in [2.05, 4.69) is 42.4 Å². The van der Waals surface area contributed by atoms with Gasteiger partial charge in [0.15, 0.2) is 4.34 Å². The van der Waals surface area contributed by atoms with Crippen molar-refractivity contribution in [3.05, 3.63) is 0 Å². The summed E-state index contributed by atoms with van der Waals surface area (Å²) in [5.41, 5.74) is -0.00328. The molecule has 0 atom stereocenters. The average Bonchev–Trinajstić information content (AvgIpc) is 2.46. The maximum absolute atomic E-state index is 8.39. The van der Waals surface area contributed by atoms with E-state index in [9.17, 15) is 0 Å². The van der Waals surface area contributed by atoms with E-state index in [-0.39, 0.29) is 5.54 Å². The Hall–Kier alpha value is -0.800. The van der Waals surface area contributed by atoms with Gasteiger partial charge in [0.05, 0.1) is 11.8 Å². The lowest BCUT2D eigenvalue weighted by molar-refractivity contribution is 0.631. The first-order chi connectivity index (χ1) is 6.51. The minimum Gasteiger partial charge on any atom is -0.355 e. The molecule has 0 saturated heterocycles. The van der Waals surface area contributed by atoms with Crippen LogP contribution in [0.25, 0.3) is 0 Å². The van der Waals surface area contributed by atoms with Gasteiger partial charge in [0.25, 0.3) is 0 Å². The monoisotopic (exact) mass is 228 g/mol. The highest BCUT2D eigenvalue weighted by atomic mass is 32.2. The lowest BCUT2D eigenvalue weighted by Gasteiger charge is -2.18. The molecule has 0 bridgehead atoms. The summed E-state index contributed by atoms with van der Waals surface area (Å²) in [6.07, 6.45) is 0. The van der Waals surface area contributed by atoms with Crippen molar-refractivity contribution < 1.29 is 0 Å². The van der Waals surface area contributed by atoms with Crippen LogP contribution in [0.4, 0.5) is 5.13 Å². The smallest absolute Gasteiger partial charge is 0.206 e. The number of rotatable bonds is 3. The molecule has 0 amide bonds. The third-order valence-corrected chi connectivity index (χ3v) is 2.99. The molecule has 1 rings (SSSR count). The van der Waals surface area contributed by atoms with Crippen LogP contribution in [0.3, 0.4) is 0 Å². The van der Waals surface area contributed by atoms with Gasteiger partial charge in [-0.2, -0.15) is 5.26 Å². The van der Waals surface area contributed by atoms with E-state index < -0.39 is 0 Å². The second-order valence-electron chi connectivity index (χ2n) is 3.69. The number of anilines is 1. The highest BCUT2D eigenvalue weighted by Gasteiger charge is 2.12. The van der Waals surface area contributed by atoms with Gasteiger partial charge < -0.3 is 5.32 Å². The highest BCUT2D eigenvalue weighted by molar-refractivity contribution is 8.01. The molecule has 0 unspecified atom stereocenters. The zero-order valence-electron chi connectivity index (χ0n) is 8.37. The molecule has 0 spiro atoms. The van der Waals surface area contributed by atoms with E-state index in [1.165, 1.54) is 23.1 Å². The van der Waals surface area contributed by atoms with Gasteiger partial charge in [-0.05, 0) is 20.8 Å². The van der Waals surface area contributed by atoms with Gasteiger partial charge in [-0.25, -0.2) is 0 Å². The minimum absolute atomic E-state index is 0.00328. The number of thioether (sulfide) groups is 1. The van der Waals surface area contributed by atoms with Gasteiger partial charge in [0.2, 0.25) is 5.13 Å². The topological polar surface area (TPSA) is 61.6 Å². The Bertz CT molecular complexity index is 334. The van der Waals surface area contributed by atoms with Crippen LogP contribution >= 0.6 is 23.1 Å². The standard InChI is InChI=1S/C8H12N4S2/c1-8(2,3)10-6-11-12-7(14-6)13-5-4-9/h5H2,1-3H3,(H,10,11). The van der Waals surface area contributed by atoms with Crippen LogP contribution in [0.5, 0.6) is 0 Å². The van der Waals surface area contributed by atoms with E-state index >= 15 is 0 Å². The fourth-order valence-electron chi connectivity index (χ4n) is 0.733. The molecule has 0 fully saturated rings. The normalized spacial score (nSPS) is 11.0. The Kier molecular flexibility index (Phi) is 3.72. The fourth-order valence-corrected chi connectivity index (χ4v) is 2.36. The first-order valence-corrected chi connectivity index (χ1v) is 5.93. The molecule has 4 nitrogen and oxygen atoms in total. The molecule has 0 radical (unpaired) electrons. The summed E-state index contributed by atoms with van der Waals surface area (Å²) in [5.74, 6) is 0.421. The molecule has 6 heteroatoms. The quantitative estimate of drug-likeness (QED) is 0.805. The van der Waals surface area contributed by atoms with Crippen molar-refractivity contribution in [2.24, 2.45) is 0 Å². The Morgan fingerprint density at radius 2 is 2.21 bits per heavy atom. The van der Waals surface area contributed by atoms with Gasteiger partial charge in [0.1, 0.15) is 0 Å². The highest BCUT2D eigenvalue weighted by Crippen LogP contribution is 2.26. The van der Waals surface area contributed by atoms with Crippen LogP contribution in [-0.4, -0.2) is 21.5 Å². The molecule has 1 N–H and O–H groups in total. The summed E-state index contributed by atoms with van der Waals surface area (Å²) in [6.45, 7) is 6.20. The van der Waals surface area contributed by atoms with Crippen LogP contribution in [0, 0.1) is 11.3 Å². The predicted octanol–water partition coefficient (Wildman–Crippen LogP) is 2.36. The largest absolute Gasteiger partial charge is 0.355 e. The maximum Gasteiger partial charge on any atom is 0.206 e. The lowest BCUT2D eigenvalue weighted by Crippen LogP contribution is -2.25. The Balaban J connectivity index is 2.56. The van der Waals surface area contributed by atoms with Crippen LogP contribution in [0.1, 0.15) is 20.8 Å². The number of nitriles is 1. The van der Waals surface area contributed by atoms with Crippen molar-refractivity contribution in [2.45, 2.75) is 30.6 Å². The Morgan fingerprint density at radius 1 is 1.50 bits per heavy atom. The molecule has 1 aromatic heterocycles. The van der Waals surface area contributed by atoms with Gasteiger partial charge in [-0.3, -0.25) is 0 Å². The summed E-state index contributed by atoms with van der Waals surface area (Å²) in [4.78, 5) is 0. The van der Waals surface area contributed by atoms with E-state index in [4.69, 9.17) is 5.26 Å². The third kappa shape index (κ3) is 3.94. The molecular formula is C8H12N4S2. The van der Waals surface area contributed by atoms with E-state index in [1.54, 1.807) is 0 Å². The van der Waals surface area contributed by atoms with E-state index in [0.717, 1.165) is 9.47 Å². The summed E-state index contributed by atoms with van der Waals surface area (Å²) in [5, 5.41) is 20.4. The zero-order chi connectivity index (χ0) is 10.6. The molecule has 0 aliphatic carbocycles. The van der Waals surface area contributed by atoms with Crippen LogP contribution in [-0.2, 0) is 0 Å². The first-order valence-electron chi connectivity index (χ1n) is 4.13. The van der Waals surface area contributed by atoms with E-state index in [1.807, 2.05) is 0 Å². The fraction of sp³-hybridized carbons (Fsp3) is 0.625. The molecule has 0 aliphatic heterocycles. The predicted molar refractivity (Wildman–Crippen MR) is 59.6 cm³/mol. The van der Waals surface area contributed by atoms with Crippen molar-refractivity contribution in [3.8, 4) is 6.07 Å². The van der Waals surface area contributed by atoms with Gasteiger partial charge >= 0.3 is 0 Å². The van der Waals surface area contributed by atoms with Crippen molar-refractivity contribution in [3.63, 3.8) is 0 Å². The van der Waals surface area contributed by atoms with Crippen molar-refractivity contribution in [1.29, 1.82) is 5.26 Å². The third-order valence-electron chi connectivity index (χ3n) is 1.15. The summed E-state index contributed by atoms with van der Waals surface area (Å²) in [7, 11) is 0. The average molecular weight is 228 g/mol. The van der Waals surface area contributed by atoms with Crippen molar-refractivity contribution >= 4 is 28.2 Å². The number of nitrogens with one attached hydrogen (secondary N) is 1. The van der Waals surface area contributed by atoms with Crippen LogP contribution in [0.2, 0.25) is 0 Å². The summed E-state index contributed by atoms with van der Waals surface area (Å²) < 4.78 is 0.832. The van der Waals surface area contributed by atoms with Crippen molar-refractivity contribution in [2.75, 3.05) is 11.1 Å².